The molecule has 15 heteroatoms. The average Bonchev–Trinajstić information content (AvgIpc) is 3.56. The first kappa shape index (κ1) is 28.0. The first-order valence-electron chi connectivity index (χ1n) is 13.1. The van der Waals surface area contributed by atoms with Crippen molar-refractivity contribution in [2.24, 2.45) is 5.92 Å². The van der Waals surface area contributed by atoms with E-state index in [1.165, 1.54) is 48.8 Å². The van der Waals surface area contributed by atoms with Crippen LogP contribution in [0, 0.1) is 17.6 Å². The van der Waals surface area contributed by atoms with Crippen LogP contribution < -0.4 is 20.9 Å². The standard InChI is InChI=1S/C28H23F2N7O5S/c29-17-1-4-19(5-2-17)37-28(39)20(7-11-33-37)27(38)34-18-3-6-22(21(30)13-18)42-23-8-10-31-25-24(23)26(36-35-25)32-14-16-9-12-43(40,41)15-16/h1-8,10-11,13,16H,9,12,14-15H2,(H,34,38)(H2,31,32,35,36). The van der Waals surface area contributed by atoms with Gasteiger partial charge in [0.05, 0.1) is 17.2 Å². The molecule has 1 amide bonds. The first-order chi connectivity index (χ1) is 20.7. The number of amides is 1. The normalized spacial score (nSPS) is 15.8. The van der Waals surface area contributed by atoms with Gasteiger partial charge in [-0.2, -0.15) is 14.9 Å². The summed E-state index contributed by atoms with van der Waals surface area (Å²) in [7, 11) is -3.03. The molecule has 0 radical (unpaired) electrons. The highest BCUT2D eigenvalue weighted by Gasteiger charge is 2.28. The summed E-state index contributed by atoms with van der Waals surface area (Å²) < 4.78 is 58.8. The van der Waals surface area contributed by atoms with Gasteiger partial charge in [-0.3, -0.25) is 14.7 Å². The van der Waals surface area contributed by atoms with Crippen molar-refractivity contribution >= 4 is 38.3 Å². The van der Waals surface area contributed by atoms with Crippen LogP contribution in [0.4, 0.5) is 20.3 Å². The molecule has 0 aliphatic carbocycles. The zero-order valence-corrected chi connectivity index (χ0v) is 23.1. The number of carbonyl (C=O) groups excluding carboxylic acids is 1. The number of fused-ring (bicyclic) bond motifs is 1. The molecule has 5 aromatic rings. The maximum Gasteiger partial charge on any atom is 0.284 e. The Labute approximate surface area is 242 Å². The number of benzene rings is 2. The molecule has 0 bridgehead atoms. The number of nitrogens with zero attached hydrogens (tertiary/aromatic N) is 4. The summed E-state index contributed by atoms with van der Waals surface area (Å²) in [6.07, 6.45) is 3.27. The predicted octanol–water partition coefficient (Wildman–Crippen LogP) is 3.67. The number of ether oxygens (including phenoxy) is 1. The molecular weight excluding hydrogens is 584 g/mol. The minimum atomic E-state index is -3.03. The molecule has 6 rings (SSSR count). The molecule has 0 spiro atoms. The maximum atomic E-state index is 15.1. The van der Waals surface area contributed by atoms with Gasteiger partial charge in [0.25, 0.3) is 11.5 Å². The number of pyridine rings is 1. The SMILES string of the molecule is O=C(Nc1ccc(Oc2ccnc3[nH]nc(NCC4CCS(=O)(=O)C4)c23)c(F)c1)c1ccnn(-c2ccc(F)cc2)c1=O. The van der Waals surface area contributed by atoms with Gasteiger partial charge in [0, 0.05) is 36.8 Å². The van der Waals surface area contributed by atoms with Gasteiger partial charge in [0.15, 0.2) is 32.9 Å². The lowest BCUT2D eigenvalue weighted by Gasteiger charge is -2.12. The quantitative estimate of drug-likeness (QED) is 0.239. The van der Waals surface area contributed by atoms with Gasteiger partial charge in [0.1, 0.15) is 22.5 Å². The second-order valence-electron chi connectivity index (χ2n) is 9.89. The van der Waals surface area contributed by atoms with Crippen LogP contribution in [0.15, 0.2) is 71.8 Å². The second-order valence-corrected chi connectivity index (χ2v) is 12.1. The third kappa shape index (κ3) is 5.92. The largest absolute Gasteiger partial charge is 0.453 e. The smallest absolute Gasteiger partial charge is 0.284 e. The van der Waals surface area contributed by atoms with E-state index < -0.39 is 32.9 Å². The van der Waals surface area contributed by atoms with Crippen molar-refractivity contribution in [1.29, 1.82) is 0 Å². The molecule has 43 heavy (non-hydrogen) atoms. The number of halogens is 2. The Bertz CT molecular complexity index is 2010. The van der Waals surface area contributed by atoms with E-state index in [4.69, 9.17) is 4.74 Å². The van der Waals surface area contributed by atoms with E-state index in [0.29, 0.717) is 29.8 Å². The van der Waals surface area contributed by atoms with Crippen LogP contribution in [0.3, 0.4) is 0 Å². The maximum absolute atomic E-state index is 15.1. The lowest BCUT2D eigenvalue weighted by molar-refractivity contribution is 0.102. The van der Waals surface area contributed by atoms with Crippen LogP contribution in [0.2, 0.25) is 0 Å². The van der Waals surface area contributed by atoms with Crippen LogP contribution >= 0.6 is 0 Å². The minimum Gasteiger partial charge on any atom is -0.453 e. The third-order valence-corrected chi connectivity index (χ3v) is 8.72. The van der Waals surface area contributed by atoms with Crippen LogP contribution in [0.25, 0.3) is 16.7 Å². The number of H-pyrrole nitrogens is 1. The summed E-state index contributed by atoms with van der Waals surface area (Å²) in [5.74, 6) is -1.41. The van der Waals surface area contributed by atoms with Gasteiger partial charge >= 0.3 is 0 Å². The van der Waals surface area contributed by atoms with E-state index >= 15 is 4.39 Å². The Balaban J connectivity index is 1.18. The van der Waals surface area contributed by atoms with Gasteiger partial charge in [0.2, 0.25) is 0 Å². The van der Waals surface area contributed by atoms with E-state index in [0.717, 1.165) is 22.9 Å². The molecule has 1 aliphatic rings. The third-order valence-electron chi connectivity index (χ3n) is 6.88. The summed E-state index contributed by atoms with van der Waals surface area (Å²) >= 11 is 0. The van der Waals surface area contributed by atoms with Gasteiger partial charge in [-0.15, -0.1) is 0 Å². The summed E-state index contributed by atoms with van der Waals surface area (Å²) in [5.41, 5.74) is -0.285. The minimum absolute atomic E-state index is 0.0593. The number of sulfone groups is 1. The van der Waals surface area contributed by atoms with E-state index in [2.05, 4.69) is 30.9 Å². The summed E-state index contributed by atoms with van der Waals surface area (Å²) in [6.45, 7) is 0.378. The number of nitrogens with one attached hydrogen (secondary N) is 3. The summed E-state index contributed by atoms with van der Waals surface area (Å²) in [4.78, 5) is 30.0. The van der Waals surface area contributed by atoms with Crippen molar-refractivity contribution in [1.82, 2.24) is 25.0 Å². The fourth-order valence-electron chi connectivity index (χ4n) is 4.74. The van der Waals surface area contributed by atoms with E-state index in [9.17, 15) is 22.4 Å². The number of hydrogen-bond donors (Lipinski definition) is 3. The van der Waals surface area contributed by atoms with Crippen LogP contribution in [-0.4, -0.2) is 57.3 Å². The molecule has 1 aliphatic heterocycles. The van der Waals surface area contributed by atoms with Crippen LogP contribution in [-0.2, 0) is 9.84 Å². The number of aromatic nitrogens is 5. The zero-order valence-electron chi connectivity index (χ0n) is 22.3. The topological polar surface area (TPSA) is 161 Å². The number of carbonyl (C=O) groups is 1. The van der Waals surface area contributed by atoms with E-state index in [1.807, 2.05) is 0 Å². The van der Waals surface area contributed by atoms with Crippen molar-refractivity contribution in [3.63, 3.8) is 0 Å². The van der Waals surface area contributed by atoms with Gasteiger partial charge in [-0.1, -0.05) is 0 Å². The van der Waals surface area contributed by atoms with E-state index in [1.54, 1.807) is 0 Å². The molecule has 1 saturated heterocycles. The van der Waals surface area contributed by atoms with Crippen molar-refractivity contribution in [2.45, 2.75) is 6.42 Å². The molecule has 220 valence electrons. The van der Waals surface area contributed by atoms with Gasteiger partial charge in [-0.05, 0) is 54.8 Å². The number of rotatable bonds is 8. The van der Waals surface area contributed by atoms with Crippen molar-refractivity contribution in [2.75, 3.05) is 28.7 Å². The number of hydrogen-bond acceptors (Lipinski definition) is 9. The van der Waals surface area contributed by atoms with Crippen molar-refractivity contribution in [3.8, 4) is 17.2 Å². The van der Waals surface area contributed by atoms with Crippen molar-refractivity contribution < 1.29 is 26.7 Å². The van der Waals surface area contributed by atoms with Crippen LogP contribution in [0.1, 0.15) is 16.8 Å². The van der Waals surface area contributed by atoms with Gasteiger partial charge in [-0.25, -0.2) is 22.2 Å². The fraction of sp³-hybridized carbons (Fsp3) is 0.179. The highest BCUT2D eigenvalue weighted by Crippen LogP contribution is 2.34. The Morgan fingerprint density at radius 3 is 2.63 bits per heavy atom. The molecule has 4 heterocycles. The van der Waals surface area contributed by atoms with E-state index in [-0.39, 0.29) is 45.9 Å². The highest BCUT2D eigenvalue weighted by molar-refractivity contribution is 7.91. The predicted molar refractivity (Wildman–Crippen MR) is 153 cm³/mol. The molecule has 1 unspecified atom stereocenters. The first-order valence-corrected chi connectivity index (χ1v) is 14.9. The molecule has 0 saturated carbocycles. The monoisotopic (exact) mass is 607 g/mol. The fourth-order valence-corrected chi connectivity index (χ4v) is 6.60. The lowest BCUT2D eigenvalue weighted by Crippen LogP contribution is -2.29. The Kier molecular flexibility index (Phi) is 7.31. The highest BCUT2D eigenvalue weighted by atomic mass is 32.2. The second kappa shape index (κ2) is 11.2. The Morgan fingerprint density at radius 2 is 1.88 bits per heavy atom. The summed E-state index contributed by atoms with van der Waals surface area (Å²) in [5, 5.41) is 17.0. The molecule has 1 atom stereocenters. The lowest BCUT2D eigenvalue weighted by atomic mass is 10.1. The zero-order chi connectivity index (χ0) is 30.1. The van der Waals surface area contributed by atoms with Gasteiger partial charge < -0.3 is 15.4 Å². The van der Waals surface area contributed by atoms with Crippen LogP contribution in [0.5, 0.6) is 11.5 Å². The molecule has 12 nitrogen and oxygen atoms in total. The molecule has 1 fully saturated rings. The molecule has 2 aromatic carbocycles. The molecule has 3 aromatic heterocycles. The average molecular weight is 608 g/mol. The Hall–Kier alpha value is -5.18. The number of anilines is 2. The molecular formula is C28H23F2N7O5S. The van der Waals surface area contributed by atoms with Crippen molar-refractivity contribution in [3.05, 3.63) is 94.5 Å². The molecule has 3 N–H and O–H groups in total. The summed E-state index contributed by atoms with van der Waals surface area (Å²) in [6, 6.07) is 11.5. The Morgan fingerprint density at radius 1 is 1.07 bits per heavy atom. The number of aromatic amines is 1.